The molecular formula is C15H19N3OS. The molecule has 2 heterocycles. The van der Waals surface area contributed by atoms with Gasteiger partial charge in [0.1, 0.15) is 4.88 Å². The number of aryl methyl sites for hydroxylation is 1. The van der Waals surface area contributed by atoms with Gasteiger partial charge in [-0.15, -0.1) is 11.3 Å². The van der Waals surface area contributed by atoms with E-state index in [-0.39, 0.29) is 11.9 Å². The number of amides is 1. The van der Waals surface area contributed by atoms with Gasteiger partial charge in [0.25, 0.3) is 5.91 Å². The molecule has 4 nitrogen and oxygen atoms in total. The van der Waals surface area contributed by atoms with Crippen LogP contribution in [0.5, 0.6) is 0 Å². The molecule has 0 aliphatic rings. The van der Waals surface area contributed by atoms with Crippen molar-refractivity contribution in [1.29, 1.82) is 0 Å². The van der Waals surface area contributed by atoms with Crippen molar-refractivity contribution in [2.24, 2.45) is 0 Å². The van der Waals surface area contributed by atoms with E-state index in [0.29, 0.717) is 10.8 Å². The summed E-state index contributed by atoms with van der Waals surface area (Å²) in [7, 11) is 0. The molecule has 106 valence electrons. The van der Waals surface area contributed by atoms with E-state index in [4.69, 9.17) is 0 Å². The Hall–Kier alpha value is -1.75. The zero-order valence-electron chi connectivity index (χ0n) is 12.2. The number of carbonyl (C=O) groups excluding carboxylic acids is 1. The molecule has 0 fully saturated rings. The third-order valence-electron chi connectivity index (χ3n) is 3.05. The van der Waals surface area contributed by atoms with Gasteiger partial charge >= 0.3 is 0 Å². The van der Waals surface area contributed by atoms with E-state index in [1.54, 1.807) is 12.4 Å². The zero-order valence-corrected chi connectivity index (χ0v) is 13.0. The van der Waals surface area contributed by atoms with Crippen molar-refractivity contribution in [2.75, 3.05) is 0 Å². The average molecular weight is 289 g/mol. The fourth-order valence-electron chi connectivity index (χ4n) is 1.85. The smallest absolute Gasteiger partial charge is 0.263 e. The van der Waals surface area contributed by atoms with Crippen LogP contribution >= 0.6 is 11.3 Å². The first-order valence-electron chi connectivity index (χ1n) is 6.67. The van der Waals surface area contributed by atoms with Crippen molar-refractivity contribution in [3.63, 3.8) is 0 Å². The molecule has 20 heavy (non-hydrogen) atoms. The van der Waals surface area contributed by atoms with Gasteiger partial charge in [0, 0.05) is 18.3 Å². The molecule has 5 heteroatoms. The van der Waals surface area contributed by atoms with Gasteiger partial charge in [-0.2, -0.15) is 0 Å². The van der Waals surface area contributed by atoms with Crippen LogP contribution in [0.4, 0.5) is 0 Å². The van der Waals surface area contributed by atoms with Crippen molar-refractivity contribution >= 4 is 17.2 Å². The maximum Gasteiger partial charge on any atom is 0.263 e. The Balaban J connectivity index is 2.12. The lowest BCUT2D eigenvalue weighted by molar-refractivity contribution is 0.0943. The van der Waals surface area contributed by atoms with E-state index in [1.807, 2.05) is 26.0 Å². The molecular weight excluding hydrogens is 270 g/mol. The van der Waals surface area contributed by atoms with Gasteiger partial charge in [0.05, 0.1) is 16.7 Å². The van der Waals surface area contributed by atoms with Crippen LogP contribution < -0.4 is 5.32 Å². The largest absolute Gasteiger partial charge is 0.345 e. The van der Waals surface area contributed by atoms with Gasteiger partial charge in [0.2, 0.25) is 0 Å². The predicted molar refractivity (Wildman–Crippen MR) is 81.1 cm³/mol. The van der Waals surface area contributed by atoms with Crippen molar-refractivity contribution in [2.45, 2.75) is 39.7 Å². The highest BCUT2D eigenvalue weighted by Gasteiger charge is 2.18. The highest BCUT2D eigenvalue weighted by atomic mass is 32.1. The number of hydrogen-bond donors (Lipinski definition) is 1. The van der Waals surface area contributed by atoms with Gasteiger partial charge in [-0.25, -0.2) is 4.98 Å². The van der Waals surface area contributed by atoms with E-state index < -0.39 is 0 Å². The molecule has 0 bridgehead atoms. The quantitative estimate of drug-likeness (QED) is 0.937. The minimum atomic E-state index is -0.0693. The summed E-state index contributed by atoms with van der Waals surface area (Å²) in [6.07, 6.45) is 3.49. The van der Waals surface area contributed by atoms with Crippen molar-refractivity contribution in [1.82, 2.24) is 15.3 Å². The summed E-state index contributed by atoms with van der Waals surface area (Å²) in [6.45, 7) is 8.00. The number of pyridine rings is 1. The van der Waals surface area contributed by atoms with Crippen LogP contribution in [-0.2, 0) is 0 Å². The number of thiazole rings is 1. The van der Waals surface area contributed by atoms with Gasteiger partial charge < -0.3 is 5.32 Å². The number of rotatable bonds is 4. The molecule has 2 aromatic heterocycles. The molecule has 0 saturated carbocycles. The summed E-state index contributed by atoms with van der Waals surface area (Å²) >= 11 is 1.47. The van der Waals surface area contributed by atoms with Crippen LogP contribution in [-0.4, -0.2) is 15.9 Å². The van der Waals surface area contributed by atoms with E-state index in [9.17, 15) is 4.79 Å². The molecule has 2 rings (SSSR count). The molecule has 2 aromatic rings. The Morgan fingerprint density at radius 3 is 2.65 bits per heavy atom. The molecule has 0 aliphatic carbocycles. The molecule has 0 spiro atoms. The molecule has 0 aliphatic heterocycles. The van der Waals surface area contributed by atoms with E-state index in [0.717, 1.165) is 16.3 Å². The topological polar surface area (TPSA) is 54.9 Å². The second-order valence-electron chi connectivity index (χ2n) is 5.10. The SMILES string of the molecule is Cc1nc(C(C)C)sc1C(=O)N[C@@H](C)c1cccnc1. The minimum Gasteiger partial charge on any atom is -0.345 e. The normalized spacial score (nSPS) is 12.4. The fourth-order valence-corrected chi connectivity index (χ4v) is 2.82. The van der Waals surface area contributed by atoms with Crippen LogP contribution in [0.1, 0.15) is 58.7 Å². The maximum atomic E-state index is 12.3. The molecule has 0 aromatic carbocycles. The third kappa shape index (κ3) is 3.22. The Kier molecular flexibility index (Phi) is 4.49. The monoisotopic (exact) mass is 289 g/mol. The Labute approximate surface area is 123 Å². The highest BCUT2D eigenvalue weighted by Crippen LogP contribution is 2.25. The van der Waals surface area contributed by atoms with Crippen LogP contribution in [0.15, 0.2) is 24.5 Å². The molecule has 1 atom stereocenters. The van der Waals surface area contributed by atoms with Gasteiger partial charge in [0.15, 0.2) is 0 Å². The lowest BCUT2D eigenvalue weighted by Crippen LogP contribution is -2.26. The first kappa shape index (κ1) is 14.7. The minimum absolute atomic E-state index is 0.0664. The van der Waals surface area contributed by atoms with E-state index >= 15 is 0 Å². The van der Waals surface area contributed by atoms with Crippen LogP contribution in [0.3, 0.4) is 0 Å². The summed E-state index contributed by atoms with van der Waals surface area (Å²) in [5, 5.41) is 4.00. The van der Waals surface area contributed by atoms with Gasteiger partial charge in [-0.3, -0.25) is 9.78 Å². The highest BCUT2D eigenvalue weighted by molar-refractivity contribution is 7.13. The summed E-state index contributed by atoms with van der Waals surface area (Å²) in [6, 6.07) is 3.75. The molecule has 1 N–H and O–H groups in total. The number of hydrogen-bond acceptors (Lipinski definition) is 4. The summed E-state index contributed by atoms with van der Waals surface area (Å²) in [4.78, 5) is 21.5. The van der Waals surface area contributed by atoms with E-state index in [2.05, 4.69) is 29.1 Å². The standard InChI is InChI=1S/C15H19N3OS/c1-9(2)15-18-11(4)13(20-15)14(19)17-10(3)12-6-5-7-16-8-12/h5-10H,1-4H3,(H,17,19)/t10-/m0/s1. The number of nitrogens with zero attached hydrogens (tertiary/aromatic N) is 2. The second kappa shape index (κ2) is 6.13. The summed E-state index contributed by atoms with van der Waals surface area (Å²) in [5.74, 6) is 0.277. The van der Waals surface area contributed by atoms with Gasteiger partial charge in [-0.05, 0) is 25.5 Å². The first-order valence-corrected chi connectivity index (χ1v) is 7.48. The van der Waals surface area contributed by atoms with Crippen LogP contribution in [0.2, 0.25) is 0 Å². The molecule has 0 unspecified atom stereocenters. The Morgan fingerprint density at radius 1 is 1.35 bits per heavy atom. The molecule has 0 radical (unpaired) electrons. The number of nitrogens with one attached hydrogen (secondary N) is 1. The van der Waals surface area contributed by atoms with E-state index in [1.165, 1.54) is 11.3 Å². The molecule has 0 saturated heterocycles. The van der Waals surface area contributed by atoms with Gasteiger partial charge in [-0.1, -0.05) is 19.9 Å². The third-order valence-corrected chi connectivity index (χ3v) is 4.50. The zero-order chi connectivity index (χ0) is 14.7. The average Bonchev–Trinajstić information content (AvgIpc) is 2.82. The van der Waals surface area contributed by atoms with Crippen LogP contribution in [0, 0.1) is 6.92 Å². The predicted octanol–water partition coefficient (Wildman–Crippen LogP) is 3.46. The first-order chi connectivity index (χ1) is 9.49. The van der Waals surface area contributed by atoms with Crippen LogP contribution in [0.25, 0.3) is 0 Å². The molecule has 1 amide bonds. The summed E-state index contributed by atoms with van der Waals surface area (Å²) in [5.41, 5.74) is 1.79. The lowest BCUT2D eigenvalue weighted by atomic mass is 10.1. The Morgan fingerprint density at radius 2 is 2.10 bits per heavy atom. The maximum absolute atomic E-state index is 12.3. The summed E-state index contributed by atoms with van der Waals surface area (Å²) < 4.78 is 0. The number of aromatic nitrogens is 2. The fraction of sp³-hybridized carbons (Fsp3) is 0.400. The van der Waals surface area contributed by atoms with Crippen molar-refractivity contribution < 1.29 is 4.79 Å². The Bertz CT molecular complexity index is 592. The number of carbonyl (C=O) groups is 1. The van der Waals surface area contributed by atoms with Crippen molar-refractivity contribution in [3.8, 4) is 0 Å². The second-order valence-corrected chi connectivity index (χ2v) is 6.13. The van der Waals surface area contributed by atoms with Crippen molar-refractivity contribution in [3.05, 3.63) is 45.7 Å². The lowest BCUT2D eigenvalue weighted by Gasteiger charge is -2.13.